The molecule has 1 heterocycles. The molecule has 0 aliphatic heterocycles. The summed E-state index contributed by atoms with van der Waals surface area (Å²) in [5.41, 5.74) is 3.85. The highest BCUT2D eigenvalue weighted by molar-refractivity contribution is 6.31. The first-order valence-corrected chi connectivity index (χ1v) is 7.62. The number of halogens is 1. The number of nitrogens with one attached hydrogen (secondary N) is 2. The van der Waals surface area contributed by atoms with Gasteiger partial charge in [-0.3, -0.25) is 0 Å². The molecule has 0 saturated heterocycles. The monoisotopic (exact) mass is 276 g/mol. The molecule has 0 radical (unpaired) electrons. The molecule has 3 heteroatoms. The van der Waals surface area contributed by atoms with Crippen LogP contribution in [0.5, 0.6) is 0 Å². The molecule has 2 aromatic rings. The molecule has 1 aliphatic carbocycles. The van der Waals surface area contributed by atoms with E-state index in [2.05, 4.69) is 23.3 Å². The first-order valence-electron chi connectivity index (χ1n) is 7.24. The number of aromatic nitrogens is 1. The lowest BCUT2D eigenvalue weighted by Gasteiger charge is -2.11. The van der Waals surface area contributed by atoms with Gasteiger partial charge in [-0.25, -0.2) is 0 Å². The zero-order valence-corrected chi connectivity index (χ0v) is 12.2. The standard InChI is InChI=1S/C16H21ClN2/c1-11-14(8-9-18-13-4-2-3-5-13)15-7-6-12(17)10-16(15)19-11/h6-7,10,13,18-19H,2-5,8-9H2,1H3. The van der Waals surface area contributed by atoms with Crippen LogP contribution in [0.15, 0.2) is 18.2 Å². The van der Waals surface area contributed by atoms with Crippen LogP contribution in [0.4, 0.5) is 0 Å². The molecule has 19 heavy (non-hydrogen) atoms. The Hall–Kier alpha value is -0.990. The smallest absolute Gasteiger partial charge is 0.0473 e. The van der Waals surface area contributed by atoms with Crippen LogP contribution in [0.2, 0.25) is 5.02 Å². The van der Waals surface area contributed by atoms with E-state index in [0.717, 1.165) is 29.5 Å². The maximum Gasteiger partial charge on any atom is 0.0473 e. The van der Waals surface area contributed by atoms with E-state index >= 15 is 0 Å². The first kappa shape index (κ1) is 13.0. The molecule has 0 spiro atoms. The summed E-state index contributed by atoms with van der Waals surface area (Å²) in [7, 11) is 0. The first-order chi connectivity index (χ1) is 9.24. The summed E-state index contributed by atoms with van der Waals surface area (Å²) in [5.74, 6) is 0. The number of benzene rings is 1. The molecule has 1 saturated carbocycles. The second kappa shape index (κ2) is 5.56. The molecule has 0 atom stereocenters. The molecule has 0 bridgehead atoms. The second-order valence-electron chi connectivity index (χ2n) is 5.60. The average molecular weight is 277 g/mol. The number of hydrogen-bond acceptors (Lipinski definition) is 1. The Morgan fingerprint density at radius 2 is 2.11 bits per heavy atom. The van der Waals surface area contributed by atoms with Gasteiger partial charge >= 0.3 is 0 Å². The number of aryl methyl sites for hydroxylation is 1. The highest BCUT2D eigenvalue weighted by Gasteiger charge is 2.14. The van der Waals surface area contributed by atoms with Gasteiger partial charge in [0.2, 0.25) is 0 Å². The van der Waals surface area contributed by atoms with Crippen LogP contribution in [0, 0.1) is 6.92 Å². The number of rotatable bonds is 4. The van der Waals surface area contributed by atoms with Crippen LogP contribution in [0.1, 0.15) is 36.9 Å². The average Bonchev–Trinajstić information content (AvgIpc) is 2.98. The van der Waals surface area contributed by atoms with Crippen molar-refractivity contribution in [2.75, 3.05) is 6.54 Å². The maximum atomic E-state index is 6.04. The summed E-state index contributed by atoms with van der Waals surface area (Å²) in [5, 5.41) is 5.79. The number of hydrogen-bond donors (Lipinski definition) is 2. The molecule has 0 unspecified atom stereocenters. The molecule has 1 aliphatic rings. The summed E-state index contributed by atoms with van der Waals surface area (Å²) < 4.78 is 0. The van der Waals surface area contributed by atoms with Crippen molar-refractivity contribution in [2.24, 2.45) is 0 Å². The van der Waals surface area contributed by atoms with Gasteiger partial charge in [0.1, 0.15) is 0 Å². The lowest BCUT2D eigenvalue weighted by Crippen LogP contribution is -2.28. The molecule has 1 fully saturated rings. The predicted molar refractivity (Wildman–Crippen MR) is 82.0 cm³/mol. The number of H-pyrrole nitrogens is 1. The molecular formula is C16H21ClN2. The van der Waals surface area contributed by atoms with E-state index < -0.39 is 0 Å². The third kappa shape index (κ3) is 2.80. The van der Waals surface area contributed by atoms with Crippen molar-refractivity contribution in [2.45, 2.75) is 45.1 Å². The lowest BCUT2D eigenvalue weighted by atomic mass is 10.1. The quantitative estimate of drug-likeness (QED) is 0.860. The topological polar surface area (TPSA) is 27.8 Å². The van der Waals surface area contributed by atoms with Crippen molar-refractivity contribution in [1.82, 2.24) is 10.3 Å². The minimum absolute atomic E-state index is 0.750. The zero-order valence-electron chi connectivity index (χ0n) is 11.4. The van der Waals surface area contributed by atoms with E-state index in [4.69, 9.17) is 11.6 Å². The Balaban J connectivity index is 1.71. The van der Waals surface area contributed by atoms with Crippen molar-refractivity contribution in [3.8, 4) is 0 Å². The molecule has 102 valence electrons. The number of aromatic amines is 1. The van der Waals surface area contributed by atoms with Crippen LogP contribution in [-0.2, 0) is 6.42 Å². The van der Waals surface area contributed by atoms with Crippen LogP contribution >= 0.6 is 11.6 Å². The SMILES string of the molecule is Cc1[nH]c2cc(Cl)ccc2c1CCNC1CCCC1. The predicted octanol–water partition coefficient (Wildman–Crippen LogP) is 4.20. The van der Waals surface area contributed by atoms with Crippen molar-refractivity contribution in [1.29, 1.82) is 0 Å². The Bertz CT molecular complexity index is 567. The maximum absolute atomic E-state index is 6.04. The van der Waals surface area contributed by atoms with Gasteiger partial charge in [0, 0.05) is 27.7 Å². The molecule has 2 nitrogen and oxygen atoms in total. The van der Waals surface area contributed by atoms with Gasteiger partial charge in [-0.2, -0.15) is 0 Å². The van der Waals surface area contributed by atoms with Gasteiger partial charge < -0.3 is 10.3 Å². The summed E-state index contributed by atoms with van der Waals surface area (Å²) in [4.78, 5) is 3.43. The van der Waals surface area contributed by atoms with Gasteiger partial charge in [0.25, 0.3) is 0 Å². The van der Waals surface area contributed by atoms with E-state index in [-0.39, 0.29) is 0 Å². The molecule has 0 amide bonds. The van der Waals surface area contributed by atoms with E-state index in [1.807, 2.05) is 12.1 Å². The van der Waals surface area contributed by atoms with E-state index in [1.165, 1.54) is 42.3 Å². The molecule has 1 aromatic carbocycles. The van der Waals surface area contributed by atoms with Gasteiger partial charge in [-0.1, -0.05) is 30.5 Å². The molecule has 2 N–H and O–H groups in total. The minimum atomic E-state index is 0.750. The van der Waals surface area contributed by atoms with Gasteiger partial charge in [-0.15, -0.1) is 0 Å². The van der Waals surface area contributed by atoms with Crippen molar-refractivity contribution < 1.29 is 0 Å². The van der Waals surface area contributed by atoms with Gasteiger partial charge in [0.15, 0.2) is 0 Å². The fraction of sp³-hybridized carbons (Fsp3) is 0.500. The van der Waals surface area contributed by atoms with Gasteiger partial charge in [0.05, 0.1) is 0 Å². The summed E-state index contributed by atoms with van der Waals surface area (Å²) >= 11 is 6.04. The third-order valence-electron chi connectivity index (χ3n) is 4.24. The van der Waals surface area contributed by atoms with Crippen molar-refractivity contribution >= 4 is 22.5 Å². The summed E-state index contributed by atoms with van der Waals surface area (Å²) in [6.45, 7) is 3.22. The third-order valence-corrected chi connectivity index (χ3v) is 4.48. The molecular weight excluding hydrogens is 256 g/mol. The van der Waals surface area contributed by atoms with E-state index in [0.29, 0.717) is 0 Å². The molecule has 1 aromatic heterocycles. The molecule has 3 rings (SSSR count). The van der Waals surface area contributed by atoms with E-state index in [9.17, 15) is 0 Å². The fourth-order valence-corrected chi connectivity index (χ4v) is 3.39. The summed E-state index contributed by atoms with van der Waals surface area (Å²) in [6, 6.07) is 6.87. The Labute approximate surface area is 119 Å². The van der Waals surface area contributed by atoms with E-state index in [1.54, 1.807) is 0 Å². The minimum Gasteiger partial charge on any atom is -0.358 e. The Morgan fingerprint density at radius 1 is 1.32 bits per heavy atom. The van der Waals surface area contributed by atoms with Crippen LogP contribution in [-0.4, -0.2) is 17.6 Å². The van der Waals surface area contributed by atoms with Crippen molar-refractivity contribution in [3.63, 3.8) is 0 Å². The van der Waals surface area contributed by atoms with Crippen LogP contribution in [0.3, 0.4) is 0 Å². The Morgan fingerprint density at radius 3 is 2.89 bits per heavy atom. The second-order valence-corrected chi connectivity index (χ2v) is 6.04. The summed E-state index contributed by atoms with van der Waals surface area (Å²) in [6.07, 6.45) is 6.57. The largest absolute Gasteiger partial charge is 0.358 e. The van der Waals surface area contributed by atoms with Crippen LogP contribution in [0.25, 0.3) is 10.9 Å². The van der Waals surface area contributed by atoms with Crippen LogP contribution < -0.4 is 5.32 Å². The highest BCUT2D eigenvalue weighted by atomic mass is 35.5. The lowest BCUT2D eigenvalue weighted by molar-refractivity contribution is 0.528. The van der Waals surface area contributed by atoms with Gasteiger partial charge in [-0.05, 0) is 50.4 Å². The highest BCUT2D eigenvalue weighted by Crippen LogP contribution is 2.25. The van der Waals surface area contributed by atoms with Crippen molar-refractivity contribution in [3.05, 3.63) is 34.5 Å². The zero-order chi connectivity index (χ0) is 13.2. The normalized spacial score (nSPS) is 16.5. The fourth-order valence-electron chi connectivity index (χ4n) is 3.22. The Kier molecular flexibility index (Phi) is 3.81. The number of fused-ring (bicyclic) bond motifs is 1.